The molecule has 0 atom stereocenters. The van der Waals surface area contributed by atoms with E-state index in [-0.39, 0.29) is 12.0 Å². The number of nitrogens with zero attached hydrogens (tertiary/aromatic N) is 4. The minimum absolute atomic E-state index is 0.0955. The lowest BCUT2D eigenvalue weighted by molar-refractivity contribution is 0.0403. The second kappa shape index (κ2) is 8.62. The van der Waals surface area contributed by atoms with Crippen LogP contribution in [0.2, 0.25) is 0 Å². The predicted octanol–water partition coefficient (Wildman–Crippen LogP) is 1.80. The number of carbonyl (C=O) groups is 1. The molecule has 0 unspecified atom stereocenters. The lowest BCUT2D eigenvalue weighted by Crippen LogP contribution is -2.49. The van der Waals surface area contributed by atoms with Gasteiger partial charge in [0.05, 0.1) is 18.4 Å². The van der Waals surface area contributed by atoms with Gasteiger partial charge in [0.15, 0.2) is 0 Å². The van der Waals surface area contributed by atoms with E-state index in [1.807, 2.05) is 18.0 Å². The molecule has 6 nitrogen and oxygen atoms in total. The molecule has 0 saturated carbocycles. The maximum absolute atomic E-state index is 12.8. The van der Waals surface area contributed by atoms with Gasteiger partial charge in [-0.3, -0.25) is 14.4 Å². The van der Waals surface area contributed by atoms with Crippen LogP contribution in [0.4, 0.5) is 0 Å². The molecule has 0 radical (unpaired) electrons. The molecule has 0 bridgehead atoms. The van der Waals surface area contributed by atoms with Gasteiger partial charge in [0.1, 0.15) is 5.69 Å². The summed E-state index contributed by atoms with van der Waals surface area (Å²) in [5.41, 5.74) is 1.70. The third-order valence-electron chi connectivity index (χ3n) is 4.29. The molecule has 1 fully saturated rings. The predicted molar refractivity (Wildman–Crippen MR) is 95.2 cm³/mol. The molecule has 0 spiro atoms. The minimum Gasteiger partial charge on any atom is -0.377 e. The highest BCUT2D eigenvalue weighted by Crippen LogP contribution is 2.13. The number of ether oxygens (including phenoxy) is 1. The SMILES string of the molecule is CC(C)Cc1cc(C(=O)N2CCN(CCOC(C)C)CC2)n(C)n1. The van der Waals surface area contributed by atoms with Crippen molar-refractivity contribution < 1.29 is 9.53 Å². The topological polar surface area (TPSA) is 50.6 Å². The summed E-state index contributed by atoms with van der Waals surface area (Å²) in [6, 6.07) is 1.95. The largest absolute Gasteiger partial charge is 0.377 e. The second-order valence-electron chi connectivity index (χ2n) is 7.30. The van der Waals surface area contributed by atoms with Crippen molar-refractivity contribution in [1.82, 2.24) is 19.6 Å². The molecule has 1 aliphatic rings. The maximum atomic E-state index is 12.8. The summed E-state index contributed by atoms with van der Waals surface area (Å²) in [4.78, 5) is 17.1. The van der Waals surface area contributed by atoms with Crippen molar-refractivity contribution in [1.29, 1.82) is 0 Å². The molecule has 0 aromatic carbocycles. The molecule has 0 N–H and O–H groups in total. The van der Waals surface area contributed by atoms with Crippen molar-refractivity contribution in [2.75, 3.05) is 39.3 Å². The van der Waals surface area contributed by atoms with Gasteiger partial charge in [-0.25, -0.2) is 0 Å². The Morgan fingerprint density at radius 3 is 2.46 bits per heavy atom. The van der Waals surface area contributed by atoms with Crippen molar-refractivity contribution in [2.24, 2.45) is 13.0 Å². The maximum Gasteiger partial charge on any atom is 0.272 e. The monoisotopic (exact) mass is 336 g/mol. The van der Waals surface area contributed by atoms with Gasteiger partial charge in [0, 0.05) is 39.8 Å². The van der Waals surface area contributed by atoms with Crippen LogP contribution in [0.3, 0.4) is 0 Å². The number of aromatic nitrogens is 2. The Hall–Kier alpha value is -1.40. The fourth-order valence-corrected chi connectivity index (χ4v) is 3.00. The summed E-state index contributed by atoms with van der Waals surface area (Å²) >= 11 is 0. The van der Waals surface area contributed by atoms with Crippen LogP contribution in [0.5, 0.6) is 0 Å². The fourth-order valence-electron chi connectivity index (χ4n) is 3.00. The lowest BCUT2D eigenvalue weighted by Gasteiger charge is -2.34. The number of carbonyl (C=O) groups excluding carboxylic acids is 1. The summed E-state index contributed by atoms with van der Waals surface area (Å²) in [5, 5.41) is 4.48. The molecule has 2 heterocycles. The Morgan fingerprint density at radius 1 is 1.21 bits per heavy atom. The Morgan fingerprint density at radius 2 is 1.88 bits per heavy atom. The number of hydrogen-bond donors (Lipinski definition) is 0. The van der Waals surface area contributed by atoms with Crippen molar-refractivity contribution in [3.63, 3.8) is 0 Å². The van der Waals surface area contributed by atoms with E-state index in [0.29, 0.717) is 11.6 Å². The summed E-state index contributed by atoms with van der Waals surface area (Å²) < 4.78 is 7.33. The van der Waals surface area contributed by atoms with Crippen molar-refractivity contribution >= 4 is 5.91 Å². The second-order valence-corrected chi connectivity index (χ2v) is 7.30. The van der Waals surface area contributed by atoms with E-state index in [4.69, 9.17) is 4.74 Å². The average Bonchev–Trinajstić information content (AvgIpc) is 2.86. The highest BCUT2D eigenvalue weighted by atomic mass is 16.5. The zero-order valence-electron chi connectivity index (χ0n) is 15.8. The van der Waals surface area contributed by atoms with Gasteiger partial charge in [-0.2, -0.15) is 5.10 Å². The van der Waals surface area contributed by atoms with Crippen LogP contribution in [-0.4, -0.2) is 70.9 Å². The molecule has 1 saturated heterocycles. The van der Waals surface area contributed by atoms with Crippen molar-refractivity contribution in [2.45, 2.75) is 40.2 Å². The van der Waals surface area contributed by atoms with Crippen LogP contribution in [0, 0.1) is 5.92 Å². The van der Waals surface area contributed by atoms with Crippen LogP contribution in [0.1, 0.15) is 43.9 Å². The molecule has 1 aromatic rings. The number of aryl methyl sites for hydroxylation is 1. The van der Waals surface area contributed by atoms with E-state index in [9.17, 15) is 4.79 Å². The molecule has 136 valence electrons. The van der Waals surface area contributed by atoms with Crippen LogP contribution in [0.15, 0.2) is 6.07 Å². The number of amides is 1. The van der Waals surface area contributed by atoms with Crippen LogP contribution < -0.4 is 0 Å². The summed E-state index contributed by atoms with van der Waals surface area (Å²) in [7, 11) is 1.86. The first kappa shape index (κ1) is 18.9. The zero-order chi connectivity index (χ0) is 17.7. The Kier molecular flexibility index (Phi) is 6.80. The number of piperazine rings is 1. The Balaban J connectivity index is 1.85. The lowest BCUT2D eigenvalue weighted by atomic mass is 10.1. The van der Waals surface area contributed by atoms with Gasteiger partial charge in [0.2, 0.25) is 0 Å². The first-order valence-electron chi connectivity index (χ1n) is 9.03. The van der Waals surface area contributed by atoms with Gasteiger partial charge < -0.3 is 9.64 Å². The third-order valence-corrected chi connectivity index (χ3v) is 4.29. The average molecular weight is 336 g/mol. The zero-order valence-corrected chi connectivity index (χ0v) is 15.8. The minimum atomic E-state index is 0.0955. The van der Waals surface area contributed by atoms with Crippen LogP contribution >= 0.6 is 0 Å². The first-order valence-corrected chi connectivity index (χ1v) is 9.03. The molecule has 1 amide bonds. The van der Waals surface area contributed by atoms with Crippen LogP contribution in [-0.2, 0) is 18.2 Å². The summed E-state index contributed by atoms with van der Waals surface area (Å²) in [5.74, 6) is 0.637. The van der Waals surface area contributed by atoms with E-state index in [2.05, 4.69) is 37.7 Å². The highest BCUT2D eigenvalue weighted by Gasteiger charge is 2.24. The normalized spacial score (nSPS) is 16.4. The number of hydrogen-bond acceptors (Lipinski definition) is 4. The van der Waals surface area contributed by atoms with Crippen molar-refractivity contribution in [3.05, 3.63) is 17.5 Å². The Bertz CT molecular complexity index is 531. The van der Waals surface area contributed by atoms with E-state index in [0.717, 1.165) is 51.4 Å². The summed E-state index contributed by atoms with van der Waals surface area (Å²) in [6.07, 6.45) is 1.18. The van der Waals surface area contributed by atoms with E-state index < -0.39 is 0 Å². The molecule has 1 aliphatic heterocycles. The quantitative estimate of drug-likeness (QED) is 0.762. The third kappa shape index (κ3) is 5.31. The smallest absolute Gasteiger partial charge is 0.272 e. The molecule has 2 rings (SSSR count). The fraction of sp³-hybridized carbons (Fsp3) is 0.778. The van der Waals surface area contributed by atoms with E-state index in [1.165, 1.54) is 0 Å². The standard InChI is InChI=1S/C18H32N4O2/c1-14(2)12-16-13-17(20(5)19-16)18(23)22-8-6-21(7-9-22)10-11-24-15(3)4/h13-15H,6-12H2,1-5H3. The number of rotatable bonds is 7. The molecule has 0 aliphatic carbocycles. The first-order chi connectivity index (χ1) is 11.4. The molecule has 24 heavy (non-hydrogen) atoms. The summed E-state index contributed by atoms with van der Waals surface area (Å²) in [6.45, 7) is 13.5. The van der Waals surface area contributed by atoms with E-state index >= 15 is 0 Å². The van der Waals surface area contributed by atoms with E-state index in [1.54, 1.807) is 4.68 Å². The molecule has 1 aromatic heterocycles. The van der Waals surface area contributed by atoms with Gasteiger partial charge in [-0.05, 0) is 32.3 Å². The highest BCUT2D eigenvalue weighted by molar-refractivity contribution is 5.92. The van der Waals surface area contributed by atoms with Gasteiger partial charge >= 0.3 is 0 Å². The molecular weight excluding hydrogens is 304 g/mol. The van der Waals surface area contributed by atoms with Gasteiger partial charge in [0.25, 0.3) is 5.91 Å². The molecule has 6 heteroatoms. The molecular formula is C18H32N4O2. The van der Waals surface area contributed by atoms with Crippen LogP contribution in [0.25, 0.3) is 0 Å². The Labute approximate surface area is 145 Å². The van der Waals surface area contributed by atoms with Gasteiger partial charge in [-0.1, -0.05) is 13.8 Å². The van der Waals surface area contributed by atoms with Gasteiger partial charge in [-0.15, -0.1) is 0 Å². The van der Waals surface area contributed by atoms with Crippen molar-refractivity contribution in [3.8, 4) is 0 Å².